The lowest BCUT2D eigenvalue weighted by molar-refractivity contribution is 0.0935. The number of carbonyl (C=O) groups excluding carboxylic acids is 1. The average Bonchev–Trinajstić information content (AvgIpc) is 2.70. The van der Waals surface area contributed by atoms with Crippen LogP contribution in [-0.4, -0.2) is 17.4 Å². The molecule has 1 unspecified atom stereocenters. The van der Waals surface area contributed by atoms with E-state index in [9.17, 15) is 9.18 Å². The van der Waals surface area contributed by atoms with Gasteiger partial charge in [0.15, 0.2) is 0 Å². The fourth-order valence-electron chi connectivity index (χ4n) is 2.76. The van der Waals surface area contributed by atoms with Gasteiger partial charge in [0, 0.05) is 18.4 Å². The molecule has 0 saturated carbocycles. The van der Waals surface area contributed by atoms with Crippen molar-refractivity contribution >= 4 is 11.6 Å². The Bertz CT molecular complexity index is 882. The van der Waals surface area contributed by atoms with E-state index in [-0.39, 0.29) is 17.8 Å². The van der Waals surface area contributed by atoms with E-state index in [1.54, 1.807) is 24.4 Å². The van der Waals surface area contributed by atoms with E-state index in [1.165, 1.54) is 12.1 Å². The smallest absolute Gasteiger partial charge is 0.270 e. The number of hydrogen-bond donors (Lipinski definition) is 2. The second-order valence-electron chi connectivity index (χ2n) is 6.34. The molecule has 4 nitrogen and oxygen atoms in total. The number of rotatable bonds is 7. The summed E-state index contributed by atoms with van der Waals surface area (Å²) in [6.07, 6.45) is 2.37. The number of nitrogens with one attached hydrogen (secondary N) is 2. The Kier molecular flexibility index (Phi) is 6.15. The standard InChI is InChI=1S/C22H22FN3O/c1-16(18-5-3-2-4-6-18)26-22(27)21-15-20(12-14-25-21)24-13-11-17-7-9-19(23)10-8-17/h2-10,12,14-16H,11,13H2,1H3,(H,24,25)(H,26,27). The Hall–Kier alpha value is -3.21. The van der Waals surface area contributed by atoms with E-state index < -0.39 is 0 Å². The maximum atomic E-state index is 12.9. The molecule has 2 N–H and O–H groups in total. The Balaban J connectivity index is 1.56. The number of hydrogen-bond acceptors (Lipinski definition) is 3. The summed E-state index contributed by atoms with van der Waals surface area (Å²) >= 11 is 0. The van der Waals surface area contributed by atoms with Gasteiger partial charge in [0.05, 0.1) is 6.04 Å². The van der Waals surface area contributed by atoms with Gasteiger partial charge >= 0.3 is 0 Å². The van der Waals surface area contributed by atoms with Crippen molar-refractivity contribution in [3.63, 3.8) is 0 Å². The molecule has 3 rings (SSSR count). The third-order valence-electron chi connectivity index (χ3n) is 4.30. The van der Waals surface area contributed by atoms with Gasteiger partial charge in [-0.2, -0.15) is 0 Å². The first-order valence-corrected chi connectivity index (χ1v) is 8.92. The Labute approximate surface area is 158 Å². The van der Waals surface area contributed by atoms with Crippen molar-refractivity contribution in [1.82, 2.24) is 10.3 Å². The molecule has 0 fully saturated rings. The van der Waals surface area contributed by atoms with Gasteiger partial charge < -0.3 is 10.6 Å². The van der Waals surface area contributed by atoms with Crippen molar-refractivity contribution in [2.45, 2.75) is 19.4 Å². The summed E-state index contributed by atoms with van der Waals surface area (Å²) in [6, 6.07) is 19.7. The maximum Gasteiger partial charge on any atom is 0.270 e. The van der Waals surface area contributed by atoms with E-state index in [4.69, 9.17) is 0 Å². The van der Waals surface area contributed by atoms with Crippen molar-refractivity contribution in [3.05, 3.63) is 95.6 Å². The predicted octanol–water partition coefficient (Wildman–Crippen LogP) is 4.37. The molecule has 0 aliphatic heterocycles. The largest absolute Gasteiger partial charge is 0.385 e. The molecule has 0 saturated heterocycles. The molecule has 2 aromatic carbocycles. The molecule has 0 bridgehead atoms. The van der Waals surface area contributed by atoms with Gasteiger partial charge in [-0.3, -0.25) is 9.78 Å². The number of aromatic nitrogens is 1. The van der Waals surface area contributed by atoms with Crippen molar-refractivity contribution in [1.29, 1.82) is 0 Å². The number of benzene rings is 2. The van der Waals surface area contributed by atoms with Crippen LogP contribution in [-0.2, 0) is 6.42 Å². The predicted molar refractivity (Wildman–Crippen MR) is 105 cm³/mol. The van der Waals surface area contributed by atoms with Gasteiger partial charge in [0.1, 0.15) is 11.5 Å². The van der Waals surface area contributed by atoms with Crippen LogP contribution in [0.5, 0.6) is 0 Å². The van der Waals surface area contributed by atoms with Gasteiger partial charge in [-0.05, 0) is 48.7 Å². The second kappa shape index (κ2) is 8.94. The summed E-state index contributed by atoms with van der Waals surface area (Å²) in [4.78, 5) is 16.6. The van der Waals surface area contributed by atoms with Crippen LogP contribution in [0.3, 0.4) is 0 Å². The molecule has 0 spiro atoms. The van der Waals surface area contributed by atoms with Crippen LogP contribution in [0.1, 0.15) is 34.6 Å². The van der Waals surface area contributed by atoms with E-state index >= 15 is 0 Å². The Morgan fingerprint density at radius 2 is 1.81 bits per heavy atom. The van der Waals surface area contributed by atoms with Gasteiger partial charge in [-0.1, -0.05) is 42.5 Å². The first-order chi connectivity index (χ1) is 13.1. The number of pyridine rings is 1. The van der Waals surface area contributed by atoms with Crippen LogP contribution in [0.4, 0.5) is 10.1 Å². The molecule has 138 valence electrons. The fourth-order valence-corrected chi connectivity index (χ4v) is 2.76. The zero-order valence-corrected chi connectivity index (χ0v) is 15.2. The lowest BCUT2D eigenvalue weighted by atomic mass is 10.1. The van der Waals surface area contributed by atoms with Crippen molar-refractivity contribution in [2.75, 3.05) is 11.9 Å². The number of carbonyl (C=O) groups is 1. The molecule has 3 aromatic rings. The molecule has 1 amide bonds. The van der Waals surface area contributed by atoms with Gasteiger partial charge in [-0.15, -0.1) is 0 Å². The van der Waals surface area contributed by atoms with E-state index in [0.29, 0.717) is 12.2 Å². The summed E-state index contributed by atoms with van der Waals surface area (Å²) < 4.78 is 12.9. The Morgan fingerprint density at radius 1 is 1.07 bits per heavy atom. The van der Waals surface area contributed by atoms with Crippen LogP contribution in [0.15, 0.2) is 72.9 Å². The minimum atomic E-state index is -0.235. The molecular weight excluding hydrogens is 341 g/mol. The number of nitrogens with zero attached hydrogens (tertiary/aromatic N) is 1. The van der Waals surface area contributed by atoms with Gasteiger partial charge in [0.2, 0.25) is 0 Å². The summed E-state index contributed by atoms with van der Waals surface area (Å²) in [5.74, 6) is -0.449. The second-order valence-corrected chi connectivity index (χ2v) is 6.34. The van der Waals surface area contributed by atoms with Gasteiger partial charge in [-0.25, -0.2) is 4.39 Å². The maximum absolute atomic E-state index is 12.9. The highest BCUT2D eigenvalue weighted by molar-refractivity contribution is 5.93. The van der Waals surface area contributed by atoms with Crippen LogP contribution in [0.2, 0.25) is 0 Å². The SMILES string of the molecule is CC(NC(=O)c1cc(NCCc2ccc(F)cc2)ccn1)c1ccccc1. The molecule has 1 aromatic heterocycles. The molecule has 0 aliphatic rings. The third kappa shape index (κ3) is 5.38. The molecule has 5 heteroatoms. The first kappa shape index (κ1) is 18.6. The lowest BCUT2D eigenvalue weighted by Crippen LogP contribution is -2.27. The first-order valence-electron chi connectivity index (χ1n) is 8.92. The minimum Gasteiger partial charge on any atom is -0.385 e. The highest BCUT2D eigenvalue weighted by Crippen LogP contribution is 2.14. The quantitative estimate of drug-likeness (QED) is 0.655. The van der Waals surface area contributed by atoms with Crippen LogP contribution >= 0.6 is 0 Å². The highest BCUT2D eigenvalue weighted by atomic mass is 19.1. The number of anilines is 1. The number of halogens is 1. The zero-order valence-electron chi connectivity index (χ0n) is 15.2. The number of amides is 1. The monoisotopic (exact) mass is 363 g/mol. The lowest BCUT2D eigenvalue weighted by Gasteiger charge is -2.14. The summed E-state index contributed by atoms with van der Waals surface area (Å²) in [5.41, 5.74) is 3.28. The molecular formula is C22H22FN3O. The van der Waals surface area contributed by atoms with Crippen LogP contribution in [0, 0.1) is 5.82 Å². The average molecular weight is 363 g/mol. The summed E-state index contributed by atoms with van der Waals surface area (Å²) in [6.45, 7) is 2.62. The third-order valence-corrected chi connectivity index (χ3v) is 4.30. The Morgan fingerprint density at radius 3 is 2.56 bits per heavy atom. The van der Waals surface area contributed by atoms with Crippen LogP contribution < -0.4 is 10.6 Å². The van der Waals surface area contributed by atoms with Crippen molar-refractivity contribution < 1.29 is 9.18 Å². The molecule has 1 heterocycles. The molecule has 0 aliphatic carbocycles. The zero-order chi connectivity index (χ0) is 19.1. The topological polar surface area (TPSA) is 54.0 Å². The summed E-state index contributed by atoms with van der Waals surface area (Å²) in [5, 5.41) is 6.24. The fraction of sp³-hybridized carbons (Fsp3) is 0.182. The van der Waals surface area contributed by atoms with Crippen molar-refractivity contribution in [2.24, 2.45) is 0 Å². The van der Waals surface area contributed by atoms with E-state index in [2.05, 4.69) is 15.6 Å². The normalized spacial score (nSPS) is 11.6. The van der Waals surface area contributed by atoms with E-state index in [1.807, 2.05) is 43.3 Å². The summed E-state index contributed by atoms with van der Waals surface area (Å²) in [7, 11) is 0. The minimum absolute atomic E-state index is 0.101. The van der Waals surface area contributed by atoms with Gasteiger partial charge in [0.25, 0.3) is 5.91 Å². The van der Waals surface area contributed by atoms with Crippen LogP contribution in [0.25, 0.3) is 0 Å². The molecule has 1 atom stereocenters. The molecule has 27 heavy (non-hydrogen) atoms. The van der Waals surface area contributed by atoms with E-state index in [0.717, 1.165) is 23.2 Å². The van der Waals surface area contributed by atoms with Crippen molar-refractivity contribution in [3.8, 4) is 0 Å². The molecule has 0 radical (unpaired) electrons. The highest BCUT2D eigenvalue weighted by Gasteiger charge is 2.12.